The highest BCUT2D eigenvalue weighted by Crippen LogP contribution is 2.40. The van der Waals surface area contributed by atoms with Gasteiger partial charge in [-0.05, 0) is 87.2 Å². The van der Waals surface area contributed by atoms with Crippen molar-refractivity contribution in [2.24, 2.45) is 17.3 Å². The second-order valence-corrected chi connectivity index (χ2v) is 21.4. The SMILES string of the molecule is Cc1ncsc1-c1ccc([C@H](C)NC(=O)[C@@H]2C[C@@H](O)CN2C(=O)[C@@H](NC(=O)CNC(=O)c2ccc(F)c(-c3ccc(N4C[C@@H](C)N(C)[C@@H](C)C4)c(NC(=O)C4CNC(=O)CC4C(F)(F)F)c3)c2)C(C)(C)C)cc1. The molecule has 73 heavy (non-hydrogen) atoms. The van der Waals surface area contributed by atoms with Crippen molar-refractivity contribution in [1.29, 1.82) is 0 Å². The first-order valence-electron chi connectivity index (χ1n) is 24.2. The van der Waals surface area contributed by atoms with Gasteiger partial charge in [-0.2, -0.15) is 13.2 Å². The fourth-order valence-electron chi connectivity index (χ4n) is 9.68. The molecule has 2 unspecified atom stereocenters. The van der Waals surface area contributed by atoms with Crippen molar-refractivity contribution in [3.05, 3.63) is 88.8 Å². The number of aromatic nitrogens is 1. The number of carbonyl (C=O) groups excluding carboxylic acids is 6. The van der Waals surface area contributed by atoms with E-state index in [1.807, 2.05) is 63.9 Å². The summed E-state index contributed by atoms with van der Waals surface area (Å²) in [5.74, 6) is -9.02. The summed E-state index contributed by atoms with van der Waals surface area (Å²) in [7, 11) is 1.98. The molecule has 16 nitrogen and oxygen atoms in total. The van der Waals surface area contributed by atoms with Crippen LogP contribution in [0.1, 0.15) is 82.0 Å². The summed E-state index contributed by atoms with van der Waals surface area (Å²) in [4.78, 5) is 91.7. The lowest BCUT2D eigenvalue weighted by atomic mass is 9.84. The molecule has 8 atom stereocenters. The molecule has 3 saturated heterocycles. The van der Waals surface area contributed by atoms with Crippen LogP contribution in [0.2, 0.25) is 0 Å². The van der Waals surface area contributed by atoms with Gasteiger partial charge in [0.25, 0.3) is 5.91 Å². The van der Waals surface area contributed by atoms with Crippen molar-refractivity contribution in [2.45, 2.75) is 104 Å². The quantitative estimate of drug-likeness (QED) is 0.0888. The molecule has 0 radical (unpaired) electrons. The van der Waals surface area contributed by atoms with E-state index >= 15 is 4.39 Å². The molecule has 1 aromatic heterocycles. The zero-order valence-electron chi connectivity index (χ0n) is 42.0. The first-order valence-corrected chi connectivity index (χ1v) is 25.1. The average Bonchev–Trinajstić information content (AvgIpc) is 3.95. The fraction of sp³-hybridized carbons (Fsp3) is 0.481. The number of hydrogen-bond donors (Lipinski definition) is 6. The van der Waals surface area contributed by atoms with Gasteiger partial charge in [-0.1, -0.05) is 51.1 Å². The van der Waals surface area contributed by atoms with Crippen LogP contribution in [0.4, 0.5) is 28.9 Å². The molecule has 392 valence electrons. The van der Waals surface area contributed by atoms with E-state index < -0.39 is 108 Å². The Balaban J connectivity index is 1.04. The van der Waals surface area contributed by atoms with Crippen LogP contribution in [-0.4, -0.2) is 132 Å². The number of nitrogens with one attached hydrogen (secondary N) is 5. The zero-order chi connectivity index (χ0) is 53.3. The van der Waals surface area contributed by atoms with Crippen molar-refractivity contribution in [2.75, 3.05) is 50.0 Å². The van der Waals surface area contributed by atoms with Gasteiger partial charge in [0, 0.05) is 62.2 Å². The van der Waals surface area contributed by atoms with Gasteiger partial charge in [0.15, 0.2) is 0 Å². The van der Waals surface area contributed by atoms with Crippen molar-refractivity contribution in [3.63, 3.8) is 0 Å². The molecule has 4 heterocycles. The maximum absolute atomic E-state index is 15.8. The Kier molecular flexibility index (Phi) is 16.3. The number of aryl methyl sites for hydroxylation is 1. The third kappa shape index (κ3) is 12.5. The van der Waals surface area contributed by atoms with Gasteiger partial charge in [-0.15, -0.1) is 11.3 Å². The van der Waals surface area contributed by atoms with Crippen LogP contribution in [0, 0.1) is 30.0 Å². The van der Waals surface area contributed by atoms with Crippen LogP contribution in [0.15, 0.2) is 66.2 Å². The first-order chi connectivity index (χ1) is 34.3. The van der Waals surface area contributed by atoms with Gasteiger partial charge in [-0.25, -0.2) is 9.37 Å². The number of aliphatic hydroxyl groups excluding tert-OH is 1. The van der Waals surface area contributed by atoms with E-state index in [4.69, 9.17) is 0 Å². The first kappa shape index (κ1) is 54.3. The molecule has 6 amide bonds. The second kappa shape index (κ2) is 21.9. The van der Waals surface area contributed by atoms with E-state index in [2.05, 4.69) is 36.5 Å². The number of rotatable bonds is 13. The highest BCUT2D eigenvalue weighted by molar-refractivity contribution is 7.13. The summed E-state index contributed by atoms with van der Waals surface area (Å²) >= 11 is 1.53. The van der Waals surface area contributed by atoms with Crippen LogP contribution >= 0.6 is 11.3 Å². The van der Waals surface area contributed by atoms with Gasteiger partial charge < -0.3 is 41.5 Å². The Bertz CT molecular complexity index is 2720. The lowest BCUT2D eigenvalue weighted by Gasteiger charge is -2.44. The number of anilines is 2. The Morgan fingerprint density at radius 2 is 1.59 bits per heavy atom. The standard InChI is InChI=1S/C52H63F4N9O7S/c1-27-23-64(24-28(2)63(27)8)41-16-14-33(18-40(41)61-48(70)37-21-57-43(67)20-38(37)52(54,55)56)36-17-34(13-15-39(36)53)47(69)58-22-44(68)62-46(51(5,6)7)50(72)65-25-35(66)19-42(65)49(71)60-29(3)31-9-11-32(12-10-31)45-30(4)59-26-73-45/h9-18,26-29,35,37-38,42,46,66H,19-25H2,1-8H3,(H,57,67)(H,58,69)(H,60,71)(H,61,70)(H,62,68)/t27-,28+,29-,35+,37?,38?,42-,46+/m0/s1. The molecule has 21 heteroatoms. The Labute approximate surface area is 425 Å². The number of likely N-dealkylation sites (tertiary alicyclic amines) is 1. The van der Waals surface area contributed by atoms with E-state index in [0.717, 1.165) is 27.8 Å². The number of β-amino-alcohol motifs (C(OH)–C–C–N with tert-alkyl or cyclic N) is 1. The summed E-state index contributed by atoms with van der Waals surface area (Å²) in [6, 6.07) is 13.3. The van der Waals surface area contributed by atoms with Crippen molar-refractivity contribution in [1.82, 2.24) is 36.1 Å². The van der Waals surface area contributed by atoms with Crippen LogP contribution in [-0.2, 0) is 24.0 Å². The van der Waals surface area contributed by atoms with Gasteiger partial charge in [0.2, 0.25) is 29.5 Å². The molecule has 3 fully saturated rings. The molecule has 0 aliphatic carbocycles. The number of hydrogen-bond acceptors (Lipinski definition) is 11. The molecular weight excluding hydrogens is 971 g/mol. The van der Waals surface area contributed by atoms with E-state index in [0.29, 0.717) is 18.8 Å². The lowest BCUT2D eigenvalue weighted by molar-refractivity contribution is -0.197. The predicted molar refractivity (Wildman–Crippen MR) is 269 cm³/mol. The topological polar surface area (TPSA) is 205 Å². The normalized spacial score (nSPS) is 22.5. The van der Waals surface area contributed by atoms with Crippen LogP contribution in [0.25, 0.3) is 21.6 Å². The number of benzene rings is 3. The largest absolute Gasteiger partial charge is 0.393 e. The molecule has 7 rings (SSSR count). The predicted octanol–water partition coefficient (Wildman–Crippen LogP) is 5.81. The van der Waals surface area contributed by atoms with Crippen molar-refractivity contribution >= 4 is 58.2 Å². The number of halogens is 4. The molecule has 0 spiro atoms. The summed E-state index contributed by atoms with van der Waals surface area (Å²) < 4.78 is 58.2. The number of likely N-dealkylation sites (N-methyl/N-ethyl adjacent to an activating group) is 1. The lowest BCUT2D eigenvalue weighted by Crippen LogP contribution is -2.58. The molecule has 4 aromatic rings. The monoisotopic (exact) mass is 1030 g/mol. The van der Waals surface area contributed by atoms with E-state index in [1.165, 1.54) is 34.4 Å². The molecule has 3 aliphatic heterocycles. The molecule has 3 aromatic carbocycles. The molecule has 0 bridgehead atoms. The third-order valence-corrected chi connectivity index (χ3v) is 15.1. The third-order valence-electron chi connectivity index (χ3n) is 14.1. The summed E-state index contributed by atoms with van der Waals surface area (Å²) in [6.07, 6.45) is -6.76. The number of piperidine rings is 1. The summed E-state index contributed by atoms with van der Waals surface area (Å²) in [5, 5.41) is 23.9. The number of carbonyl (C=O) groups is 6. The van der Waals surface area contributed by atoms with Gasteiger partial charge in [-0.3, -0.25) is 33.7 Å². The molecule has 3 aliphatic rings. The number of thiazole rings is 1. The van der Waals surface area contributed by atoms with Gasteiger partial charge in [0.05, 0.1) is 58.0 Å². The van der Waals surface area contributed by atoms with Crippen LogP contribution in [0.3, 0.4) is 0 Å². The molecule has 0 saturated carbocycles. The summed E-state index contributed by atoms with van der Waals surface area (Å²) in [5.41, 5.74) is 4.23. The van der Waals surface area contributed by atoms with E-state index in [-0.39, 0.29) is 47.4 Å². The number of alkyl halides is 3. The maximum atomic E-state index is 15.8. The van der Waals surface area contributed by atoms with Crippen molar-refractivity contribution in [3.8, 4) is 21.6 Å². The van der Waals surface area contributed by atoms with E-state index in [1.54, 1.807) is 38.4 Å². The Morgan fingerprint density at radius 1 is 0.918 bits per heavy atom. The minimum absolute atomic E-state index is 0.0208. The van der Waals surface area contributed by atoms with Crippen LogP contribution in [0.5, 0.6) is 0 Å². The minimum atomic E-state index is -4.83. The number of piperazine rings is 1. The fourth-order valence-corrected chi connectivity index (χ4v) is 10.5. The maximum Gasteiger partial charge on any atom is 0.393 e. The number of amides is 6. The average molecular weight is 1030 g/mol. The summed E-state index contributed by atoms with van der Waals surface area (Å²) in [6.45, 7) is 12.7. The van der Waals surface area contributed by atoms with Gasteiger partial charge in [0.1, 0.15) is 17.9 Å². The number of aliphatic hydroxyl groups is 1. The number of nitrogens with zero attached hydrogens (tertiary/aromatic N) is 4. The van der Waals surface area contributed by atoms with Gasteiger partial charge >= 0.3 is 6.18 Å². The molecule has 6 N–H and O–H groups in total. The highest BCUT2D eigenvalue weighted by Gasteiger charge is 2.51. The second-order valence-electron chi connectivity index (χ2n) is 20.5. The Hall–Kier alpha value is -6.45. The van der Waals surface area contributed by atoms with E-state index in [9.17, 15) is 47.0 Å². The molecular formula is C52H63F4N9O7S. The van der Waals surface area contributed by atoms with Crippen LogP contribution < -0.4 is 31.5 Å². The Morgan fingerprint density at radius 3 is 2.22 bits per heavy atom. The minimum Gasteiger partial charge on any atom is -0.391 e. The smallest absolute Gasteiger partial charge is 0.391 e. The zero-order valence-corrected chi connectivity index (χ0v) is 42.8. The van der Waals surface area contributed by atoms with Crippen molar-refractivity contribution < 1.29 is 51.4 Å². The highest BCUT2D eigenvalue weighted by atomic mass is 32.1.